The minimum atomic E-state index is 0.117. The van der Waals surface area contributed by atoms with Crippen molar-refractivity contribution in [2.24, 2.45) is 5.73 Å². The molecule has 1 atom stereocenters. The average Bonchev–Trinajstić information content (AvgIpc) is 2.05. The molecule has 1 amide bonds. The lowest BCUT2D eigenvalue weighted by molar-refractivity contribution is -0.153. The third-order valence-corrected chi connectivity index (χ3v) is 2.96. The van der Waals surface area contributed by atoms with E-state index >= 15 is 0 Å². The van der Waals surface area contributed by atoms with Crippen molar-refractivity contribution in [1.29, 1.82) is 0 Å². The van der Waals surface area contributed by atoms with Crippen molar-refractivity contribution < 1.29 is 9.53 Å². The van der Waals surface area contributed by atoms with Gasteiger partial charge >= 0.3 is 0 Å². The summed E-state index contributed by atoms with van der Waals surface area (Å²) in [7, 11) is 0. The molecule has 0 radical (unpaired) electrons. The summed E-state index contributed by atoms with van der Waals surface area (Å²) in [4.78, 5) is 13.5. The Morgan fingerprint density at radius 2 is 2.31 bits per heavy atom. The van der Waals surface area contributed by atoms with Gasteiger partial charge < -0.3 is 15.4 Å². The van der Waals surface area contributed by atoms with Crippen LogP contribution in [0.3, 0.4) is 0 Å². The molecule has 4 nitrogen and oxygen atoms in total. The molecule has 1 aliphatic carbocycles. The number of amides is 1. The van der Waals surface area contributed by atoms with E-state index in [1.54, 1.807) is 0 Å². The first-order valence-electron chi connectivity index (χ1n) is 4.92. The number of ether oxygens (including phenoxy) is 1. The van der Waals surface area contributed by atoms with E-state index < -0.39 is 0 Å². The number of carbonyl (C=O) groups is 1. The van der Waals surface area contributed by atoms with Gasteiger partial charge in [-0.05, 0) is 19.3 Å². The van der Waals surface area contributed by atoms with Crippen molar-refractivity contribution in [3.05, 3.63) is 0 Å². The SMILES string of the molecule is NCC1COCC(=O)N1C1CCC1. The fraction of sp³-hybridized carbons (Fsp3) is 0.889. The summed E-state index contributed by atoms with van der Waals surface area (Å²) >= 11 is 0. The zero-order valence-corrected chi connectivity index (χ0v) is 7.74. The zero-order valence-electron chi connectivity index (χ0n) is 7.74. The van der Waals surface area contributed by atoms with Gasteiger partial charge in [0.15, 0.2) is 0 Å². The van der Waals surface area contributed by atoms with Gasteiger partial charge in [-0.2, -0.15) is 0 Å². The Hall–Kier alpha value is -0.610. The monoisotopic (exact) mass is 184 g/mol. The van der Waals surface area contributed by atoms with E-state index in [1.165, 1.54) is 6.42 Å². The first kappa shape index (κ1) is 8.97. The van der Waals surface area contributed by atoms with E-state index in [9.17, 15) is 4.79 Å². The molecule has 2 aliphatic rings. The van der Waals surface area contributed by atoms with Crippen LogP contribution >= 0.6 is 0 Å². The number of morpholine rings is 1. The van der Waals surface area contributed by atoms with E-state index in [4.69, 9.17) is 10.5 Å². The van der Waals surface area contributed by atoms with Crippen molar-refractivity contribution in [1.82, 2.24) is 4.90 Å². The summed E-state index contributed by atoms with van der Waals surface area (Å²) in [5, 5.41) is 0. The van der Waals surface area contributed by atoms with Crippen LogP contribution in [0.15, 0.2) is 0 Å². The molecule has 2 rings (SSSR count). The second kappa shape index (κ2) is 3.64. The van der Waals surface area contributed by atoms with Gasteiger partial charge in [-0.15, -0.1) is 0 Å². The van der Waals surface area contributed by atoms with Gasteiger partial charge in [-0.25, -0.2) is 0 Å². The summed E-state index contributed by atoms with van der Waals surface area (Å²) in [6, 6.07) is 0.566. The maximum absolute atomic E-state index is 11.5. The number of nitrogens with two attached hydrogens (primary N) is 1. The number of hydrogen-bond acceptors (Lipinski definition) is 3. The quantitative estimate of drug-likeness (QED) is 0.642. The molecule has 1 aliphatic heterocycles. The lowest BCUT2D eigenvalue weighted by atomic mass is 9.90. The van der Waals surface area contributed by atoms with Crippen LogP contribution in [-0.4, -0.2) is 42.6 Å². The summed E-state index contributed by atoms with van der Waals surface area (Å²) in [5.74, 6) is 0.117. The van der Waals surface area contributed by atoms with Gasteiger partial charge in [0.05, 0.1) is 12.6 Å². The van der Waals surface area contributed by atoms with E-state index in [2.05, 4.69) is 0 Å². The molecular formula is C9H16N2O2. The van der Waals surface area contributed by atoms with Crippen LogP contribution in [0.25, 0.3) is 0 Å². The lowest BCUT2D eigenvalue weighted by Crippen LogP contribution is -2.58. The van der Waals surface area contributed by atoms with Crippen LogP contribution in [0.5, 0.6) is 0 Å². The second-order valence-corrected chi connectivity index (χ2v) is 3.79. The Balaban J connectivity index is 2.03. The van der Waals surface area contributed by atoms with Crippen LogP contribution in [-0.2, 0) is 9.53 Å². The predicted octanol–water partition coefficient (Wildman–Crippen LogP) is -0.275. The fourth-order valence-corrected chi connectivity index (χ4v) is 1.99. The first-order valence-corrected chi connectivity index (χ1v) is 4.92. The molecule has 2 fully saturated rings. The first-order chi connectivity index (χ1) is 6.33. The molecule has 74 valence electrons. The Morgan fingerprint density at radius 1 is 1.54 bits per heavy atom. The van der Waals surface area contributed by atoms with E-state index in [0.29, 0.717) is 19.2 Å². The molecular weight excluding hydrogens is 168 g/mol. The van der Waals surface area contributed by atoms with E-state index in [0.717, 1.165) is 12.8 Å². The minimum absolute atomic E-state index is 0.117. The van der Waals surface area contributed by atoms with Crippen molar-refractivity contribution in [3.63, 3.8) is 0 Å². The van der Waals surface area contributed by atoms with Crippen LogP contribution < -0.4 is 5.73 Å². The Labute approximate surface area is 78.0 Å². The normalized spacial score (nSPS) is 30.4. The van der Waals surface area contributed by atoms with Gasteiger partial charge in [0.1, 0.15) is 6.61 Å². The molecule has 0 aromatic rings. The van der Waals surface area contributed by atoms with Crippen molar-refractivity contribution in [2.45, 2.75) is 31.3 Å². The largest absolute Gasteiger partial charge is 0.369 e. The average molecular weight is 184 g/mol. The third kappa shape index (κ3) is 1.56. The third-order valence-electron chi connectivity index (χ3n) is 2.96. The zero-order chi connectivity index (χ0) is 9.26. The van der Waals surface area contributed by atoms with E-state index in [-0.39, 0.29) is 18.6 Å². The Bertz CT molecular complexity index is 204. The lowest BCUT2D eigenvalue weighted by Gasteiger charge is -2.44. The smallest absolute Gasteiger partial charge is 0.249 e. The van der Waals surface area contributed by atoms with Gasteiger partial charge in [0, 0.05) is 12.6 Å². The standard InChI is InChI=1S/C9H16N2O2/c10-4-8-5-13-6-9(12)11(8)7-2-1-3-7/h7-8H,1-6,10H2. The minimum Gasteiger partial charge on any atom is -0.369 e. The van der Waals surface area contributed by atoms with Crippen molar-refractivity contribution >= 4 is 5.91 Å². The maximum Gasteiger partial charge on any atom is 0.249 e. The van der Waals surface area contributed by atoms with Gasteiger partial charge in [-0.1, -0.05) is 0 Å². The molecule has 0 aromatic heterocycles. The Morgan fingerprint density at radius 3 is 2.85 bits per heavy atom. The fourth-order valence-electron chi connectivity index (χ4n) is 1.99. The summed E-state index contributed by atoms with van der Waals surface area (Å²) in [6.07, 6.45) is 3.52. The highest BCUT2D eigenvalue weighted by Gasteiger charge is 2.36. The number of hydrogen-bond donors (Lipinski definition) is 1. The molecule has 1 saturated heterocycles. The molecule has 1 saturated carbocycles. The summed E-state index contributed by atoms with van der Waals surface area (Å²) in [5.41, 5.74) is 5.60. The van der Waals surface area contributed by atoms with Crippen LogP contribution in [0.4, 0.5) is 0 Å². The van der Waals surface area contributed by atoms with Crippen molar-refractivity contribution in [2.75, 3.05) is 19.8 Å². The molecule has 0 aromatic carbocycles. The topological polar surface area (TPSA) is 55.6 Å². The molecule has 2 N–H and O–H groups in total. The van der Waals surface area contributed by atoms with Gasteiger partial charge in [0.2, 0.25) is 5.91 Å². The summed E-state index contributed by atoms with van der Waals surface area (Å²) < 4.78 is 5.16. The van der Waals surface area contributed by atoms with Crippen LogP contribution in [0.2, 0.25) is 0 Å². The second-order valence-electron chi connectivity index (χ2n) is 3.79. The number of nitrogens with zero attached hydrogens (tertiary/aromatic N) is 1. The van der Waals surface area contributed by atoms with Crippen molar-refractivity contribution in [3.8, 4) is 0 Å². The highest BCUT2D eigenvalue weighted by molar-refractivity contribution is 5.79. The number of rotatable bonds is 2. The van der Waals surface area contributed by atoms with Gasteiger partial charge in [0.25, 0.3) is 0 Å². The predicted molar refractivity (Wildman–Crippen MR) is 48.1 cm³/mol. The molecule has 0 bridgehead atoms. The molecule has 13 heavy (non-hydrogen) atoms. The Kier molecular flexibility index (Phi) is 2.51. The van der Waals surface area contributed by atoms with Crippen LogP contribution in [0.1, 0.15) is 19.3 Å². The number of carbonyl (C=O) groups excluding carboxylic acids is 1. The molecule has 1 unspecified atom stereocenters. The maximum atomic E-state index is 11.5. The summed E-state index contributed by atoms with van der Waals surface area (Å²) in [6.45, 7) is 1.37. The van der Waals surface area contributed by atoms with E-state index in [1.807, 2.05) is 4.90 Å². The highest BCUT2D eigenvalue weighted by Crippen LogP contribution is 2.27. The van der Waals surface area contributed by atoms with Crippen LogP contribution in [0, 0.1) is 0 Å². The molecule has 1 heterocycles. The molecule has 4 heteroatoms. The highest BCUT2D eigenvalue weighted by atomic mass is 16.5. The van der Waals surface area contributed by atoms with Gasteiger partial charge in [-0.3, -0.25) is 4.79 Å². The molecule has 0 spiro atoms.